The number of hydrogen-bond acceptors (Lipinski definition) is 29. The number of aromatic nitrogens is 14. The van der Waals surface area contributed by atoms with Crippen LogP contribution in [0.25, 0.3) is 32.7 Å². The van der Waals surface area contributed by atoms with Gasteiger partial charge in [-0.15, -0.1) is 0 Å². The van der Waals surface area contributed by atoms with Crippen molar-refractivity contribution in [3.63, 3.8) is 0 Å². The van der Waals surface area contributed by atoms with Gasteiger partial charge in [0, 0.05) is 125 Å². The Hall–Kier alpha value is -12.6. The molecule has 0 radical (unpaired) electrons. The molecule has 29 nitrogen and oxygen atoms in total. The average molecular weight is 1330 g/mol. The van der Waals surface area contributed by atoms with Crippen LogP contribution < -0.4 is 73.2 Å². The largest absolute Gasteiger partial charge is 0.493 e. The molecule has 3 aliphatic heterocycles. The van der Waals surface area contributed by atoms with Crippen LogP contribution in [0.15, 0.2) is 172 Å². The van der Waals surface area contributed by atoms with Crippen molar-refractivity contribution >= 4 is 90.9 Å². The van der Waals surface area contributed by atoms with Crippen molar-refractivity contribution < 1.29 is 33.2 Å². The van der Waals surface area contributed by atoms with Gasteiger partial charge < -0.3 is 73.2 Å². The van der Waals surface area contributed by atoms with Crippen molar-refractivity contribution in [3.05, 3.63) is 172 Å². The first-order valence-electron chi connectivity index (χ1n) is 31.9. The first-order chi connectivity index (χ1) is 48.7. The van der Waals surface area contributed by atoms with E-state index in [1.807, 2.05) is 97.1 Å². The summed E-state index contributed by atoms with van der Waals surface area (Å²) in [5.74, 6) is 10.8. The Bertz CT molecular complexity index is 4150. The van der Waals surface area contributed by atoms with Crippen LogP contribution in [-0.2, 0) is 0 Å². The number of pyridine rings is 2. The molecule has 12 aromatic rings. The molecular formula is C70H72N22O7. The molecule has 8 aromatic heterocycles. The second-order valence-corrected chi connectivity index (χ2v) is 22.6. The Labute approximate surface area is 570 Å². The molecule has 3 aliphatic rings. The monoisotopic (exact) mass is 1330 g/mol. The summed E-state index contributed by atoms with van der Waals surface area (Å²) in [5, 5.41) is 9.25. The third-order valence-electron chi connectivity index (χ3n) is 16.7. The quantitative estimate of drug-likeness (QED) is 0.0808. The van der Waals surface area contributed by atoms with Crippen molar-refractivity contribution in [2.75, 3.05) is 161 Å². The molecule has 3 fully saturated rings. The van der Waals surface area contributed by atoms with Gasteiger partial charge in [0.1, 0.15) is 48.0 Å². The van der Waals surface area contributed by atoms with Gasteiger partial charge in [-0.1, -0.05) is 24.3 Å². The molecule has 0 spiro atoms. The van der Waals surface area contributed by atoms with Crippen LogP contribution in [0.3, 0.4) is 0 Å². The fourth-order valence-electron chi connectivity index (χ4n) is 11.7. The predicted octanol–water partition coefficient (Wildman–Crippen LogP) is 9.36. The number of fused-ring (bicyclic) bond motifs is 3. The highest BCUT2D eigenvalue weighted by Gasteiger charge is 2.27. The minimum absolute atomic E-state index is 0.611. The van der Waals surface area contributed by atoms with Gasteiger partial charge in [0.15, 0.2) is 40.2 Å². The molecule has 0 amide bonds. The molecule has 504 valence electrons. The topological polar surface area (TPSA) is 289 Å². The lowest BCUT2D eigenvalue weighted by molar-refractivity contribution is 0.356. The lowest BCUT2D eigenvalue weighted by Gasteiger charge is -2.35. The number of methoxy groups -OCH3 is 6. The summed E-state index contributed by atoms with van der Waals surface area (Å²) < 4.78 is 38.4. The van der Waals surface area contributed by atoms with E-state index in [2.05, 4.69) is 110 Å². The van der Waals surface area contributed by atoms with Crippen molar-refractivity contribution in [1.82, 2.24) is 69.8 Å². The molecule has 4 aromatic carbocycles. The van der Waals surface area contributed by atoms with Gasteiger partial charge in [-0.05, 0) is 54.6 Å². The zero-order valence-corrected chi connectivity index (χ0v) is 55.5. The predicted molar refractivity (Wildman–Crippen MR) is 379 cm³/mol. The standard InChI is InChI=1S/C24H24N6O3.2C23H24N8O2/c1-31-21-12-19-20(13-22(21)32-2)27-16-28-23(19)29-8-10-30(11-9-29)24-25-14-18(15-26-24)33-17-6-4-3-5-7-17;1-32-20-10-18-19(11-21(20)33-2)27-15-28-22(18)30-6-8-31(9-7-30)23-25-13-17(14-26-23)29-16-4-3-5-24-12-16;1-32-19-11-17-18(12-20(19)33-2)27-15-28-22(17)30-7-9-31(10-8-30)23-25-13-16(14-26-23)29-21-5-3-4-6-24-21/h3-7,12-16H,8-11H2,1-2H3;3-5,10-15,29H,6-9H2,1-2H3;3-6,11-15H,7-10H2,1-2H3,(H,24,29). The minimum atomic E-state index is 0.611. The molecule has 99 heavy (non-hydrogen) atoms. The van der Waals surface area contributed by atoms with Crippen LogP contribution in [0.4, 0.5) is 58.2 Å². The van der Waals surface area contributed by atoms with E-state index in [1.54, 1.807) is 117 Å². The molecular weight excluding hydrogens is 1260 g/mol. The van der Waals surface area contributed by atoms with Gasteiger partial charge in [-0.2, -0.15) is 0 Å². The van der Waals surface area contributed by atoms with Gasteiger partial charge in [0.05, 0.1) is 120 Å². The van der Waals surface area contributed by atoms with Gasteiger partial charge >= 0.3 is 0 Å². The van der Waals surface area contributed by atoms with Crippen LogP contribution in [0, 0.1) is 0 Å². The van der Waals surface area contributed by atoms with E-state index in [0.29, 0.717) is 58.1 Å². The van der Waals surface area contributed by atoms with Crippen LogP contribution >= 0.6 is 0 Å². The average Bonchev–Trinajstić information content (AvgIpc) is 0.798. The molecule has 0 atom stereocenters. The number of nitrogens with zero attached hydrogens (tertiary/aromatic N) is 20. The summed E-state index contributed by atoms with van der Waals surface area (Å²) in [5.41, 5.74) is 4.97. The Balaban J connectivity index is 0.000000133. The number of piperazine rings is 3. The second-order valence-electron chi connectivity index (χ2n) is 22.6. The molecule has 3 saturated heterocycles. The van der Waals surface area contributed by atoms with Crippen LogP contribution in [-0.4, -0.2) is 191 Å². The van der Waals surface area contributed by atoms with Crippen molar-refractivity contribution in [3.8, 4) is 46.0 Å². The van der Waals surface area contributed by atoms with E-state index < -0.39 is 0 Å². The molecule has 0 aliphatic carbocycles. The molecule has 29 heteroatoms. The maximum atomic E-state index is 5.79. The zero-order valence-electron chi connectivity index (χ0n) is 55.5. The van der Waals surface area contributed by atoms with Gasteiger partial charge in [-0.3, -0.25) is 4.98 Å². The summed E-state index contributed by atoms with van der Waals surface area (Å²) in [6, 6.07) is 30.6. The number of hydrogen-bond donors (Lipinski definition) is 2. The molecule has 0 unspecified atom stereocenters. The fourth-order valence-corrected chi connectivity index (χ4v) is 11.7. The molecule has 2 N–H and O–H groups in total. The van der Waals surface area contributed by atoms with Gasteiger partial charge in [0.25, 0.3) is 0 Å². The number of benzene rings is 4. The number of rotatable bonds is 18. The summed E-state index contributed by atoms with van der Waals surface area (Å²) in [7, 11) is 9.74. The highest BCUT2D eigenvalue weighted by atomic mass is 16.5. The fraction of sp³-hybridized carbons (Fsp3) is 0.257. The molecule has 0 bridgehead atoms. The first-order valence-corrected chi connectivity index (χ1v) is 31.9. The Morgan fingerprint density at radius 2 is 0.677 bits per heavy atom. The highest BCUT2D eigenvalue weighted by Crippen LogP contribution is 2.39. The smallest absolute Gasteiger partial charge is 0.225 e. The molecule has 0 saturated carbocycles. The van der Waals surface area contributed by atoms with Crippen molar-refractivity contribution in [1.29, 1.82) is 0 Å². The Morgan fingerprint density at radius 1 is 0.303 bits per heavy atom. The highest BCUT2D eigenvalue weighted by molar-refractivity contribution is 5.94. The van der Waals surface area contributed by atoms with E-state index >= 15 is 0 Å². The summed E-state index contributed by atoms with van der Waals surface area (Å²) >= 11 is 0. The normalized spacial score (nSPS) is 13.8. The minimum Gasteiger partial charge on any atom is -0.493 e. The number of para-hydroxylation sites is 1. The van der Waals surface area contributed by atoms with Crippen LogP contribution in [0.1, 0.15) is 0 Å². The molecule has 15 rings (SSSR count). The van der Waals surface area contributed by atoms with E-state index in [4.69, 9.17) is 33.2 Å². The molecule has 11 heterocycles. The lowest BCUT2D eigenvalue weighted by Crippen LogP contribution is -2.47. The Kier molecular flexibility index (Phi) is 20.3. The van der Waals surface area contributed by atoms with Gasteiger partial charge in [0.2, 0.25) is 17.8 Å². The summed E-state index contributed by atoms with van der Waals surface area (Å²) in [6.07, 6.45) is 20.6. The van der Waals surface area contributed by atoms with Crippen LogP contribution in [0.5, 0.6) is 46.0 Å². The van der Waals surface area contributed by atoms with E-state index in [-0.39, 0.29) is 0 Å². The number of anilines is 10. The third-order valence-corrected chi connectivity index (χ3v) is 16.7. The number of nitrogens with one attached hydrogen (secondary N) is 2. The first kappa shape index (κ1) is 65.1. The SMILES string of the molecule is COc1cc2ncnc(N3CCN(c4ncc(Nc5ccccn5)cn4)CC3)c2cc1OC.COc1cc2ncnc(N3CCN(c4ncc(Nc5cccnc5)cn4)CC3)c2cc1OC.COc1cc2ncnc(N3CCN(c4ncc(Oc5ccccc5)cn4)CC3)c2cc1OC. The zero-order chi connectivity index (χ0) is 67.9. The maximum absolute atomic E-state index is 5.79. The number of ether oxygens (including phenoxy) is 7. The van der Waals surface area contributed by atoms with Gasteiger partial charge in [-0.25, -0.2) is 64.8 Å². The maximum Gasteiger partial charge on any atom is 0.225 e. The van der Waals surface area contributed by atoms with E-state index in [0.717, 1.165) is 157 Å². The Morgan fingerprint density at radius 3 is 1.05 bits per heavy atom. The van der Waals surface area contributed by atoms with E-state index in [1.165, 1.54) is 0 Å². The lowest BCUT2D eigenvalue weighted by atomic mass is 10.2. The van der Waals surface area contributed by atoms with Crippen molar-refractivity contribution in [2.24, 2.45) is 0 Å². The van der Waals surface area contributed by atoms with Crippen LogP contribution in [0.2, 0.25) is 0 Å². The third kappa shape index (κ3) is 15.3. The summed E-state index contributed by atoms with van der Waals surface area (Å²) in [4.78, 5) is 75.7. The van der Waals surface area contributed by atoms with Crippen molar-refractivity contribution in [2.45, 2.75) is 0 Å². The summed E-state index contributed by atoms with van der Waals surface area (Å²) in [6.45, 7) is 9.42. The second kappa shape index (κ2) is 30.9. The van der Waals surface area contributed by atoms with E-state index in [9.17, 15) is 0 Å².